The highest BCUT2D eigenvalue weighted by molar-refractivity contribution is 9.10. The van der Waals surface area contributed by atoms with E-state index in [-0.39, 0.29) is 15.9 Å². The Hall–Kier alpha value is -1.50. The van der Waals surface area contributed by atoms with Gasteiger partial charge in [-0.05, 0) is 64.7 Å². The van der Waals surface area contributed by atoms with E-state index in [1.807, 2.05) is 6.26 Å². The largest absolute Gasteiger partial charge is 0.496 e. The van der Waals surface area contributed by atoms with Crippen LogP contribution >= 0.6 is 27.7 Å². The molecule has 31 heavy (non-hydrogen) atoms. The Labute approximate surface area is 191 Å². The van der Waals surface area contributed by atoms with Crippen molar-refractivity contribution in [2.75, 3.05) is 31.0 Å². The smallest absolute Gasteiger partial charge is 0.420 e. The van der Waals surface area contributed by atoms with Crippen LogP contribution in [-0.2, 0) is 16.2 Å². The second kappa shape index (κ2) is 10.9. The topological polar surface area (TPSA) is 67.4 Å². The summed E-state index contributed by atoms with van der Waals surface area (Å²) in [7, 11) is -3.14. The van der Waals surface area contributed by atoms with E-state index in [0.717, 1.165) is 13.2 Å². The molecule has 0 unspecified atom stereocenters. The van der Waals surface area contributed by atoms with E-state index < -0.39 is 39.4 Å². The number of halogens is 5. The number of thioether (sulfide) groups is 1. The van der Waals surface area contributed by atoms with Gasteiger partial charge in [0.15, 0.2) is 0 Å². The molecule has 12 heteroatoms. The first-order valence-corrected chi connectivity index (χ1v) is 12.6. The molecule has 0 aliphatic rings. The number of benzene rings is 2. The fourth-order valence-corrected chi connectivity index (χ4v) is 5.53. The lowest BCUT2D eigenvalue weighted by molar-refractivity contribution is -0.138. The zero-order chi connectivity index (χ0) is 23.2. The van der Waals surface area contributed by atoms with Crippen molar-refractivity contribution in [2.45, 2.75) is 23.5 Å². The monoisotopic (exact) mass is 544 g/mol. The van der Waals surface area contributed by atoms with Crippen LogP contribution in [0.4, 0.5) is 23.2 Å². The summed E-state index contributed by atoms with van der Waals surface area (Å²) in [5.74, 6) is -0.344. The molecule has 2 aromatic rings. The third-order valence-electron chi connectivity index (χ3n) is 4.24. The minimum atomic E-state index is -4.70. The number of rotatable bonds is 10. The molecule has 0 heterocycles. The van der Waals surface area contributed by atoms with Gasteiger partial charge in [0.25, 0.3) is 0 Å². The molecular formula is C19H21BrF4N2O3S2. The number of hydrogen-bond donors (Lipinski definition) is 2. The van der Waals surface area contributed by atoms with Crippen molar-refractivity contribution in [1.29, 1.82) is 0 Å². The van der Waals surface area contributed by atoms with Crippen molar-refractivity contribution >= 4 is 43.4 Å². The van der Waals surface area contributed by atoms with Crippen molar-refractivity contribution in [1.82, 2.24) is 4.72 Å². The summed E-state index contributed by atoms with van der Waals surface area (Å²) in [4.78, 5) is -0.367. The third kappa shape index (κ3) is 7.26. The van der Waals surface area contributed by atoms with E-state index in [1.165, 1.54) is 36.0 Å². The molecule has 0 saturated heterocycles. The average molecular weight is 545 g/mol. The van der Waals surface area contributed by atoms with Gasteiger partial charge in [-0.15, -0.1) is 0 Å². The zero-order valence-corrected chi connectivity index (χ0v) is 19.8. The van der Waals surface area contributed by atoms with Gasteiger partial charge in [0.1, 0.15) is 11.6 Å². The molecule has 0 radical (unpaired) electrons. The van der Waals surface area contributed by atoms with Crippen molar-refractivity contribution in [3.63, 3.8) is 0 Å². The fourth-order valence-electron chi connectivity index (χ4n) is 2.69. The highest BCUT2D eigenvalue weighted by Crippen LogP contribution is 2.40. The number of nitrogens with one attached hydrogen (secondary N) is 2. The van der Waals surface area contributed by atoms with Crippen molar-refractivity contribution in [3.8, 4) is 5.75 Å². The second-order valence-corrected chi connectivity index (χ2v) is 9.99. The maximum Gasteiger partial charge on any atom is 0.420 e. The summed E-state index contributed by atoms with van der Waals surface area (Å²) in [6.07, 6.45) is -2.37. The number of sulfonamides is 1. The van der Waals surface area contributed by atoms with Gasteiger partial charge >= 0.3 is 6.18 Å². The molecule has 0 spiro atoms. The molecule has 5 nitrogen and oxygen atoms in total. The van der Waals surface area contributed by atoms with Gasteiger partial charge in [0, 0.05) is 28.8 Å². The van der Waals surface area contributed by atoms with Gasteiger partial charge in [-0.25, -0.2) is 17.5 Å². The Bertz CT molecular complexity index is 987. The van der Waals surface area contributed by atoms with E-state index in [9.17, 15) is 26.0 Å². The molecule has 2 N–H and O–H groups in total. The molecule has 2 rings (SSSR count). The summed E-state index contributed by atoms with van der Waals surface area (Å²) in [6, 6.07) is 6.54. The van der Waals surface area contributed by atoms with Gasteiger partial charge in [-0.2, -0.15) is 24.9 Å². The number of hydrogen-bond acceptors (Lipinski definition) is 5. The SMILES string of the molecule is COc1cc(S(=O)(=O)N[C@H](CCSC)CNc2ccc(F)cc2)c(Br)cc1C(F)(F)F. The lowest BCUT2D eigenvalue weighted by Crippen LogP contribution is -2.40. The van der Waals surface area contributed by atoms with Crippen LogP contribution in [0.3, 0.4) is 0 Å². The lowest BCUT2D eigenvalue weighted by atomic mass is 10.2. The van der Waals surface area contributed by atoms with E-state index >= 15 is 0 Å². The first kappa shape index (κ1) is 25.8. The van der Waals surface area contributed by atoms with Gasteiger partial charge in [0.05, 0.1) is 17.6 Å². The molecule has 1 atom stereocenters. The van der Waals surface area contributed by atoms with Crippen LogP contribution in [0.5, 0.6) is 5.75 Å². The predicted molar refractivity (Wildman–Crippen MR) is 118 cm³/mol. The maximum absolute atomic E-state index is 13.2. The van der Waals surface area contributed by atoms with Gasteiger partial charge < -0.3 is 10.1 Å². The molecule has 0 amide bonds. The number of ether oxygens (including phenoxy) is 1. The Morgan fingerprint density at radius 2 is 1.84 bits per heavy atom. The number of alkyl halides is 3. The summed E-state index contributed by atoms with van der Waals surface area (Å²) < 4.78 is 85.6. The molecule has 0 aromatic heterocycles. The highest BCUT2D eigenvalue weighted by atomic mass is 79.9. The predicted octanol–water partition coefficient (Wildman–Crippen LogP) is 5.13. The maximum atomic E-state index is 13.2. The molecule has 0 fully saturated rings. The molecule has 0 saturated carbocycles. The van der Waals surface area contributed by atoms with Crippen LogP contribution in [0.2, 0.25) is 0 Å². The molecule has 0 aliphatic heterocycles. The second-order valence-electron chi connectivity index (χ2n) is 6.47. The Kier molecular flexibility index (Phi) is 9.04. The van der Waals surface area contributed by atoms with Crippen molar-refractivity contribution < 1.29 is 30.7 Å². The standard InChI is InChI=1S/C19H21BrF4N2O3S2/c1-29-17-10-18(16(20)9-15(17)19(22,23)24)31(27,28)26-14(7-8-30-2)11-25-13-5-3-12(21)4-6-13/h3-6,9-10,14,25-26H,7-8,11H2,1-2H3/t14-/m1/s1. The van der Waals surface area contributed by atoms with E-state index in [2.05, 4.69) is 26.0 Å². The van der Waals surface area contributed by atoms with Gasteiger partial charge in [-0.3, -0.25) is 0 Å². The quantitative estimate of drug-likeness (QED) is 0.406. The summed E-state index contributed by atoms with van der Waals surface area (Å²) in [6.45, 7) is 0.195. The normalized spacial score (nSPS) is 13.1. The Morgan fingerprint density at radius 1 is 1.19 bits per heavy atom. The van der Waals surface area contributed by atoms with Crippen molar-refractivity contribution in [3.05, 3.63) is 52.3 Å². The van der Waals surface area contributed by atoms with E-state index in [0.29, 0.717) is 23.9 Å². The van der Waals surface area contributed by atoms with Crippen LogP contribution in [0.15, 0.2) is 45.8 Å². The van der Waals surface area contributed by atoms with Crippen LogP contribution < -0.4 is 14.8 Å². The molecule has 2 aromatic carbocycles. The van der Waals surface area contributed by atoms with Crippen LogP contribution in [-0.4, -0.2) is 40.1 Å². The summed E-state index contributed by atoms with van der Waals surface area (Å²) in [5, 5.41) is 3.03. The zero-order valence-electron chi connectivity index (χ0n) is 16.6. The first-order valence-electron chi connectivity index (χ1n) is 8.93. The Morgan fingerprint density at radius 3 is 2.39 bits per heavy atom. The van der Waals surface area contributed by atoms with Gasteiger partial charge in [-0.1, -0.05) is 0 Å². The van der Waals surface area contributed by atoms with Crippen LogP contribution in [0.25, 0.3) is 0 Å². The third-order valence-corrected chi connectivity index (χ3v) is 7.36. The minimum Gasteiger partial charge on any atom is -0.496 e. The van der Waals surface area contributed by atoms with E-state index in [1.54, 1.807) is 0 Å². The summed E-state index contributed by atoms with van der Waals surface area (Å²) >= 11 is 4.46. The van der Waals surface area contributed by atoms with E-state index in [4.69, 9.17) is 4.74 Å². The fraction of sp³-hybridized carbons (Fsp3) is 0.368. The molecule has 0 bridgehead atoms. The molecule has 0 aliphatic carbocycles. The minimum absolute atomic E-state index is 0.195. The number of anilines is 1. The Balaban J connectivity index is 2.27. The van der Waals surface area contributed by atoms with Crippen molar-refractivity contribution in [2.24, 2.45) is 0 Å². The number of methoxy groups -OCH3 is 1. The van der Waals surface area contributed by atoms with Gasteiger partial charge in [0.2, 0.25) is 10.0 Å². The first-order chi connectivity index (χ1) is 14.5. The average Bonchev–Trinajstić information content (AvgIpc) is 2.70. The molecular weight excluding hydrogens is 524 g/mol. The van der Waals surface area contributed by atoms with Crippen LogP contribution in [0, 0.1) is 5.82 Å². The summed E-state index contributed by atoms with van der Waals surface area (Å²) in [5.41, 5.74) is -0.482. The van der Waals surface area contributed by atoms with Crippen LogP contribution in [0.1, 0.15) is 12.0 Å². The lowest BCUT2D eigenvalue weighted by Gasteiger charge is -2.21. The highest BCUT2D eigenvalue weighted by Gasteiger charge is 2.36. The molecule has 172 valence electrons.